The van der Waals surface area contributed by atoms with Crippen LogP contribution in [0, 0.1) is 0 Å². The Morgan fingerprint density at radius 1 is 1.00 bits per heavy atom. The molecule has 3 aromatic heterocycles. The van der Waals surface area contributed by atoms with Gasteiger partial charge in [0.05, 0.1) is 22.5 Å². The molecule has 4 aromatic rings. The molecule has 35 heavy (non-hydrogen) atoms. The minimum Gasteiger partial charge on any atom is -0.406 e. The lowest BCUT2D eigenvalue weighted by molar-refractivity contribution is -0.274. The first-order valence-corrected chi connectivity index (χ1v) is 10.7. The smallest absolute Gasteiger partial charge is 0.406 e. The van der Waals surface area contributed by atoms with Crippen LogP contribution < -0.4 is 10.3 Å². The van der Waals surface area contributed by atoms with Crippen LogP contribution in [0.3, 0.4) is 0 Å². The molecule has 1 aliphatic heterocycles. The summed E-state index contributed by atoms with van der Waals surface area (Å²) in [6, 6.07) is 9.30. The second-order valence-electron chi connectivity index (χ2n) is 8.05. The molecule has 8 nitrogen and oxygen atoms in total. The van der Waals surface area contributed by atoms with Crippen molar-refractivity contribution in [2.45, 2.75) is 25.9 Å². The number of fused-ring (bicyclic) bond motifs is 1. The fourth-order valence-corrected chi connectivity index (χ4v) is 3.95. The second-order valence-corrected chi connectivity index (χ2v) is 8.05. The molecule has 0 spiro atoms. The van der Waals surface area contributed by atoms with E-state index in [1.165, 1.54) is 30.6 Å². The summed E-state index contributed by atoms with van der Waals surface area (Å²) in [4.78, 5) is 34.7. The molecule has 1 aliphatic rings. The average Bonchev–Trinajstić information content (AvgIpc) is 2.85. The van der Waals surface area contributed by atoms with Crippen LogP contribution in [0.4, 0.5) is 13.2 Å². The fraction of sp³-hybridized carbons (Fsp3) is 0.208. The van der Waals surface area contributed by atoms with Crippen LogP contribution in [0.2, 0.25) is 0 Å². The van der Waals surface area contributed by atoms with E-state index in [-0.39, 0.29) is 11.3 Å². The summed E-state index contributed by atoms with van der Waals surface area (Å²) in [6.45, 7) is 1.79. The van der Waals surface area contributed by atoms with E-state index in [4.69, 9.17) is 0 Å². The molecule has 11 heteroatoms. The number of pyridine rings is 1. The Kier molecular flexibility index (Phi) is 6.00. The number of ether oxygens (including phenoxy) is 1. The zero-order valence-electron chi connectivity index (χ0n) is 18.3. The summed E-state index contributed by atoms with van der Waals surface area (Å²) in [5, 5.41) is 0. The minimum atomic E-state index is -4.73. The van der Waals surface area contributed by atoms with E-state index in [1.54, 1.807) is 18.6 Å². The Hall–Kier alpha value is -4.12. The first-order chi connectivity index (χ1) is 16.8. The minimum absolute atomic E-state index is 0.176. The summed E-state index contributed by atoms with van der Waals surface area (Å²) in [5.41, 5.74) is 4.16. The molecule has 0 fully saturated rings. The van der Waals surface area contributed by atoms with Gasteiger partial charge in [-0.1, -0.05) is 6.07 Å². The van der Waals surface area contributed by atoms with Crippen molar-refractivity contribution in [2.75, 3.05) is 6.54 Å². The summed E-state index contributed by atoms with van der Waals surface area (Å²) < 4.78 is 40.9. The molecule has 5 rings (SSSR count). The third-order valence-electron chi connectivity index (χ3n) is 5.60. The Balaban J connectivity index is 1.25. The van der Waals surface area contributed by atoms with Crippen molar-refractivity contribution < 1.29 is 17.9 Å². The van der Waals surface area contributed by atoms with Crippen LogP contribution >= 0.6 is 0 Å². The van der Waals surface area contributed by atoms with E-state index in [1.807, 2.05) is 12.1 Å². The fourth-order valence-electron chi connectivity index (χ4n) is 3.95. The summed E-state index contributed by atoms with van der Waals surface area (Å²) in [7, 11) is 0. The lowest BCUT2D eigenvalue weighted by Crippen LogP contribution is -2.35. The predicted molar refractivity (Wildman–Crippen MR) is 120 cm³/mol. The van der Waals surface area contributed by atoms with Gasteiger partial charge in [-0.2, -0.15) is 0 Å². The van der Waals surface area contributed by atoms with Gasteiger partial charge in [-0.3, -0.25) is 14.7 Å². The van der Waals surface area contributed by atoms with Gasteiger partial charge in [0.2, 0.25) is 0 Å². The van der Waals surface area contributed by atoms with Gasteiger partial charge >= 0.3 is 6.36 Å². The quantitative estimate of drug-likeness (QED) is 0.465. The van der Waals surface area contributed by atoms with E-state index in [2.05, 4.69) is 34.6 Å². The zero-order valence-corrected chi connectivity index (χ0v) is 18.3. The van der Waals surface area contributed by atoms with Crippen LogP contribution in [0.5, 0.6) is 5.75 Å². The van der Waals surface area contributed by atoms with Crippen LogP contribution in [-0.4, -0.2) is 42.7 Å². The third kappa shape index (κ3) is 5.35. The molecule has 0 unspecified atom stereocenters. The Labute approximate surface area is 197 Å². The van der Waals surface area contributed by atoms with Crippen molar-refractivity contribution in [1.29, 1.82) is 0 Å². The molecule has 0 amide bonds. The molecule has 0 bridgehead atoms. The highest BCUT2D eigenvalue weighted by Crippen LogP contribution is 2.26. The van der Waals surface area contributed by atoms with Gasteiger partial charge in [0.1, 0.15) is 17.9 Å². The topological polar surface area (TPSA) is 96.9 Å². The van der Waals surface area contributed by atoms with Crippen LogP contribution in [-0.2, 0) is 19.5 Å². The number of benzene rings is 1. The molecule has 0 saturated carbocycles. The van der Waals surface area contributed by atoms with Crippen LogP contribution in [0.25, 0.3) is 22.6 Å². The highest BCUT2D eigenvalue weighted by Gasteiger charge is 2.31. The van der Waals surface area contributed by atoms with E-state index in [0.29, 0.717) is 47.7 Å². The molecule has 0 aliphatic carbocycles. The Morgan fingerprint density at radius 2 is 1.77 bits per heavy atom. The third-order valence-corrected chi connectivity index (χ3v) is 5.60. The van der Waals surface area contributed by atoms with E-state index in [9.17, 15) is 18.0 Å². The number of hydrogen-bond acceptors (Lipinski definition) is 7. The number of nitrogens with one attached hydrogen (secondary N) is 1. The standard InChI is InChI=1S/C24H19F3N6O2/c25-24(26,27)35-18-4-2-16(3-5-18)20-6-1-15(9-30-20)12-33-8-7-21-19(13-33)23(34)32-22(31-21)17-10-28-14-29-11-17/h1-6,9-11,14H,7-8,12-13H2,(H,31,32,34). The van der Waals surface area contributed by atoms with E-state index in [0.717, 1.165) is 17.8 Å². The molecule has 1 N–H and O–H groups in total. The highest BCUT2D eigenvalue weighted by molar-refractivity contribution is 5.60. The average molecular weight is 480 g/mol. The maximum Gasteiger partial charge on any atom is 0.573 e. The van der Waals surface area contributed by atoms with Gasteiger partial charge in [0.15, 0.2) is 0 Å². The van der Waals surface area contributed by atoms with Gasteiger partial charge in [0, 0.05) is 50.2 Å². The number of rotatable bonds is 5. The maximum atomic E-state index is 12.7. The molecular formula is C24H19F3N6O2. The van der Waals surface area contributed by atoms with Gasteiger partial charge < -0.3 is 9.72 Å². The first-order valence-electron chi connectivity index (χ1n) is 10.7. The molecule has 0 saturated heterocycles. The number of aromatic amines is 1. The Morgan fingerprint density at radius 3 is 2.46 bits per heavy atom. The number of aromatic nitrogens is 5. The highest BCUT2D eigenvalue weighted by atomic mass is 19.4. The predicted octanol–water partition coefficient (Wildman–Crippen LogP) is 3.75. The van der Waals surface area contributed by atoms with Crippen molar-refractivity contribution in [3.63, 3.8) is 0 Å². The number of H-pyrrole nitrogens is 1. The molecule has 0 radical (unpaired) electrons. The van der Waals surface area contributed by atoms with Crippen molar-refractivity contribution >= 4 is 0 Å². The van der Waals surface area contributed by atoms with Crippen molar-refractivity contribution in [3.8, 4) is 28.4 Å². The van der Waals surface area contributed by atoms with Gasteiger partial charge in [-0.25, -0.2) is 15.0 Å². The summed E-state index contributed by atoms with van der Waals surface area (Å²) >= 11 is 0. The Bertz CT molecular complexity index is 1370. The van der Waals surface area contributed by atoms with Crippen molar-refractivity contribution in [3.05, 3.63) is 88.5 Å². The van der Waals surface area contributed by atoms with Crippen molar-refractivity contribution in [1.82, 2.24) is 29.8 Å². The first kappa shape index (κ1) is 22.7. The second kappa shape index (κ2) is 9.26. The summed E-state index contributed by atoms with van der Waals surface area (Å²) in [6.07, 6.45) is 2.27. The molecule has 178 valence electrons. The van der Waals surface area contributed by atoms with Gasteiger partial charge in [0.25, 0.3) is 5.56 Å². The molecule has 4 heterocycles. The largest absolute Gasteiger partial charge is 0.573 e. The van der Waals surface area contributed by atoms with Crippen LogP contribution in [0.1, 0.15) is 16.8 Å². The molecular weight excluding hydrogens is 461 g/mol. The van der Waals surface area contributed by atoms with E-state index >= 15 is 0 Å². The van der Waals surface area contributed by atoms with E-state index < -0.39 is 6.36 Å². The number of halogens is 3. The van der Waals surface area contributed by atoms with Crippen LogP contribution in [0.15, 0.2) is 66.1 Å². The number of nitrogens with zero attached hydrogens (tertiary/aromatic N) is 5. The lowest BCUT2D eigenvalue weighted by Gasteiger charge is -2.27. The lowest BCUT2D eigenvalue weighted by atomic mass is 10.1. The van der Waals surface area contributed by atoms with Crippen molar-refractivity contribution in [2.24, 2.45) is 0 Å². The van der Waals surface area contributed by atoms with Gasteiger partial charge in [-0.05, 0) is 35.9 Å². The summed E-state index contributed by atoms with van der Waals surface area (Å²) in [5.74, 6) is 0.178. The molecule has 0 atom stereocenters. The maximum absolute atomic E-state index is 12.7. The SMILES string of the molecule is O=c1[nH]c(-c2cncnc2)nc2c1CN(Cc1ccc(-c3ccc(OC(F)(F)F)cc3)nc1)CC2. The zero-order chi connectivity index (χ0) is 24.4. The normalized spacial score (nSPS) is 13.9. The number of hydrogen-bond donors (Lipinski definition) is 1. The number of alkyl halides is 3. The molecule has 1 aromatic carbocycles. The monoisotopic (exact) mass is 480 g/mol. The van der Waals surface area contributed by atoms with Gasteiger partial charge in [-0.15, -0.1) is 13.2 Å².